The molecule has 0 spiro atoms. The molecule has 0 saturated carbocycles. The minimum atomic E-state index is 0.268. The molecule has 3 nitrogen and oxygen atoms in total. The first kappa shape index (κ1) is 14.8. The Hall–Kier alpha value is -1.58. The van der Waals surface area contributed by atoms with E-state index in [2.05, 4.69) is 42.6 Å². The van der Waals surface area contributed by atoms with Gasteiger partial charge in [0.05, 0.1) is 7.11 Å². The lowest BCUT2D eigenvalue weighted by Gasteiger charge is -2.13. The topological polar surface area (TPSA) is 41.5 Å². The van der Waals surface area contributed by atoms with Gasteiger partial charge in [0, 0.05) is 19.2 Å². The largest absolute Gasteiger partial charge is 0.497 e. The summed E-state index contributed by atoms with van der Waals surface area (Å²) in [6.07, 6.45) is 1.85. The summed E-state index contributed by atoms with van der Waals surface area (Å²) < 4.78 is 5.24. The average molecular weight is 273 g/mol. The summed E-state index contributed by atoms with van der Waals surface area (Å²) in [7, 11) is 1.69. The molecule has 2 N–H and O–H groups in total. The Morgan fingerprint density at radius 3 is 2.65 bits per heavy atom. The molecule has 0 radical (unpaired) electrons. The van der Waals surface area contributed by atoms with Crippen molar-refractivity contribution in [2.24, 2.45) is 0 Å². The van der Waals surface area contributed by atoms with Gasteiger partial charge in [-0.2, -0.15) is 0 Å². The second-order valence-corrected chi connectivity index (χ2v) is 5.20. The van der Waals surface area contributed by atoms with Crippen LogP contribution in [0.5, 0.6) is 5.75 Å². The van der Waals surface area contributed by atoms with Crippen molar-refractivity contribution in [2.75, 3.05) is 13.7 Å². The lowest BCUT2D eigenvalue weighted by Crippen LogP contribution is -2.25. The van der Waals surface area contributed by atoms with E-state index < -0.39 is 0 Å². The molecule has 1 atom stereocenters. The van der Waals surface area contributed by atoms with Crippen molar-refractivity contribution >= 4 is 10.8 Å². The lowest BCUT2D eigenvalue weighted by atomic mass is 10.1. The molecule has 0 aliphatic rings. The predicted octanol–water partition coefficient (Wildman–Crippen LogP) is 3.10. The third kappa shape index (κ3) is 3.95. The van der Waals surface area contributed by atoms with Gasteiger partial charge in [0.25, 0.3) is 0 Å². The summed E-state index contributed by atoms with van der Waals surface area (Å²) >= 11 is 0. The molecule has 0 heterocycles. The molecule has 2 rings (SSSR count). The van der Waals surface area contributed by atoms with Gasteiger partial charge in [-0.1, -0.05) is 18.2 Å². The highest BCUT2D eigenvalue weighted by Gasteiger charge is 2.02. The van der Waals surface area contributed by atoms with E-state index in [-0.39, 0.29) is 6.61 Å². The summed E-state index contributed by atoms with van der Waals surface area (Å²) in [5.74, 6) is 0.890. The molecule has 3 heteroatoms. The van der Waals surface area contributed by atoms with Crippen molar-refractivity contribution in [3.63, 3.8) is 0 Å². The van der Waals surface area contributed by atoms with Crippen molar-refractivity contribution in [3.05, 3.63) is 42.0 Å². The van der Waals surface area contributed by atoms with Crippen LogP contribution in [0.1, 0.15) is 25.3 Å². The van der Waals surface area contributed by atoms with Crippen molar-refractivity contribution in [1.29, 1.82) is 0 Å². The van der Waals surface area contributed by atoms with Gasteiger partial charge < -0.3 is 15.2 Å². The Kier molecular flexibility index (Phi) is 5.39. The minimum absolute atomic E-state index is 0.268. The lowest BCUT2D eigenvalue weighted by molar-refractivity contribution is 0.276. The van der Waals surface area contributed by atoms with E-state index in [1.165, 1.54) is 16.3 Å². The van der Waals surface area contributed by atoms with E-state index in [1.807, 2.05) is 6.07 Å². The third-order valence-electron chi connectivity index (χ3n) is 3.56. The highest BCUT2D eigenvalue weighted by molar-refractivity contribution is 5.84. The number of methoxy groups -OCH3 is 1. The number of rotatable bonds is 7. The van der Waals surface area contributed by atoms with Gasteiger partial charge in [-0.3, -0.25) is 0 Å². The van der Waals surface area contributed by atoms with Crippen LogP contribution in [0.4, 0.5) is 0 Å². The first-order valence-corrected chi connectivity index (χ1v) is 7.14. The van der Waals surface area contributed by atoms with Crippen LogP contribution in [0.2, 0.25) is 0 Å². The summed E-state index contributed by atoms with van der Waals surface area (Å²) in [5.41, 5.74) is 1.28. The maximum atomic E-state index is 8.82. The number of fused-ring (bicyclic) bond motifs is 1. The number of aliphatic hydroxyl groups excluding tert-OH is 1. The normalized spacial score (nSPS) is 12.6. The van der Waals surface area contributed by atoms with Crippen molar-refractivity contribution in [1.82, 2.24) is 5.32 Å². The minimum Gasteiger partial charge on any atom is -0.497 e. The molecule has 0 bridgehead atoms. The van der Waals surface area contributed by atoms with Gasteiger partial charge in [-0.15, -0.1) is 0 Å². The Labute approximate surface area is 120 Å². The molecule has 0 saturated heterocycles. The predicted molar refractivity (Wildman–Crippen MR) is 83.1 cm³/mol. The molecule has 0 aliphatic carbocycles. The molecule has 1 unspecified atom stereocenters. The number of benzene rings is 2. The van der Waals surface area contributed by atoms with Gasteiger partial charge in [0.15, 0.2) is 0 Å². The molecule has 0 aliphatic heterocycles. The number of aliphatic hydroxyl groups is 1. The fourth-order valence-corrected chi connectivity index (χ4v) is 2.30. The summed E-state index contributed by atoms with van der Waals surface area (Å²) in [6.45, 7) is 3.28. The van der Waals surface area contributed by atoms with Crippen molar-refractivity contribution < 1.29 is 9.84 Å². The Balaban J connectivity index is 2.01. The van der Waals surface area contributed by atoms with E-state index in [0.717, 1.165) is 25.1 Å². The van der Waals surface area contributed by atoms with Crippen molar-refractivity contribution in [3.8, 4) is 5.75 Å². The molecule has 20 heavy (non-hydrogen) atoms. The van der Waals surface area contributed by atoms with E-state index in [0.29, 0.717) is 6.04 Å². The van der Waals surface area contributed by atoms with Crippen LogP contribution in [0, 0.1) is 0 Å². The van der Waals surface area contributed by atoms with Crippen LogP contribution < -0.4 is 10.1 Å². The number of hydrogen-bond acceptors (Lipinski definition) is 3. The Bertz CT molecular complexity index is 554. The third-order valence-corrected chi connectivity index (χ3v) is 3.56. The molecule has 0 aromatic heterocycles. The summed E-state index contributed by atoms with van der Waals surface area (Å²) in [6, 6.07) is 13.0. The quantitative estimate of drug-likeness (QED) is 0.814. The average Bonchev–Trinajstić information content (AvgIpc) is 2.50. The van der Waals surface area contributed by atoms with E-state index in [4.69, 9.17) is 9.84 Å². The number of ether oxygens (including phenoxy) is 1. The fourth-order valence-electron chi connectivity index (χ4n) is 2.30. The first-order chi connectivity index (χ1) is 9.72. The standard InChI is InChI=1S/C17H23NO2/c1-13(4-3-9-19)18-12-14-5-6-16-11-17(20-2)8-7-15(16)10-14/h5-8,10-11,13,18-19H,3-4,9,12H2,1-2H3. The monoisotopic (exact) mass is 273 g/mol. The van der Waals surface area contributed by atoms with Gasteiger partial charge in [0.1, 0.15) is 5.75 Å². The highest BCUT2D eigenvalue weighted by Crippen LogP contribution is 2.21. The second kappa shape index (κ2) is 7.27. The van der Waals surface area contributed by atoms with Gasteiger partial charge in [-0.25, -0.2) is 0 Å². The van der Waals surface area contributed by atoms with E-state index >= 15 is 0 Å². The zero-order valence-corrected chi connectivity index (χ0v) is 12.2. The summed E-state index contributed by atoms with van der Waals surface area (Å²) in [4.78, 5) is 0. The molecule has 0 amide bonds. The van der Waals surface area contributed by atoms with Crippen LogP contribution in [0.15, 0.2) is 36.4 Å². The SMILES string of the molecule is COc1ccc2cc(CNC(C)CCCO)ccc2c1. The van der Waals surface area contributed by atoms with Crippen LogP contribution in [0.25, 0.3) is 10.8 Å². The summed E-state index contributed by atoms with van der Waals surface area (Å²) in [5, 5.41) is 14.7. The Morgan fingerprint density at radius 1 is 1.15 bits per heavy atom. The molecule has 0 fully saturated rings. The number of nitrogens with one attached hydrogen (secondary N) is 1. The fraction of sp³-hybridized carbons (Fsp3) is 0.412. The van der Waals surface area contributed by atoms with E-state index in [9.17, 15) is 0 Å². The van der Waals surface area contributed by atoms with Gasteiger partial charge in [-0.05, 0) is 54.3 Å². The molecular formula is C17H23NO2. The van der Waals surface area contributed by atoms with Crippen LogP contribution >= 0.6 is 0 Å². The molecule has 108 valence electrons. The van der Waals surface area contributed by atoms with Crippen LogP contribution in [-0.2, 0) is 6.54 Å². The van der Waals surface area contributed by atoms with Crippen molar-refractivity contribution in [2.45, 2.75) is 32.4 Å². The maximum Gasteiger partial charge on any atom is 0.119 e. The first-order valence-electron chi connectivity index (χ1n) is 7.14. The number of hydrogen-bond donors (Lipinski definition) is 2. The zero-order valence-electron chi connectivity index (χ0n) is 12.2. The maximum absolute atomic E-state index is 8.82. The zero-order chi connectivity index (χ0) is 14.4. The molecule has 2 aromatic rings. The smallest absolute Gasteiger partial charge is 0.119 e. The molecular weight excluding hydrogens is 250 g/mol. The highest BCUT2D eigenvalue weighted by atomic mass is 16.5. The van der Waals surface area contributed by atoms with Gasteiger partial charge >= 0.3 is 0 Å². The van der Waals surface area contributed by atoms with Crippen LogP contribution in [0.3, 0.4) is 0 Å². The van der Waals surface area contributed by atoms with Crippen LogP contribution in [-0.4, -0.2) is 24.9 Å². The van der Waals surface area contributed by atoms with E-state index in [1.54, 1.807) is 7.11 Å². The Morgan fingerprint density at radius 2 is 1.90 bits per heavy atom. The molecule has 2 aromatic carbocycles. The second-order valence-electron chi connectivity index (χ2n) is 5.20. The van der Waals surface area contributed by atoms with Gasteiger partial charge in [0.2, 0.25) is 0 Å².